The lowest BCUT2D eigenvalue weighted by Crippen LogP contribution is -2.43. The fraction of sp³-hybridized carbons (Fsp3) is 0.500. The third-order valence-electron chi connectivity index (χ3n) is 3.40. The molecule has 1 saturated heterocycles. The first-order valence-electron chi connectivity index (χ1n) is 6.37. The number of piperidine rings is 1. The fourth-order valence-electron chi connectivity index (χ4n) is 2.47. The van der Waals surface area contributed by atoms with Gasteiger partial charge in [0.1, 0.15) is 6.04 Å². The molecule has 2 unspecified atom stereocenters. The van der Waals surface area contributed by atoms with Crippen molar-refractivity contribution in [1.82, 2.24) is 4.90 Å². The van der Waals surface area contributed by atoms with Crippen LogP contribution in [0, 0.1) is 0 Å². The Labute approximate surface area is 121 Å². The van der Waals surface area contributed by atoms with Crippen LogP contribution in [0.5, 0.6) is 0 Å². The molecule has 0 radical (unpaired) electrons. The number of methoxy groups -OCH3 is 1. The summed E-state index contributed by atoms with van der Waals surface area (Å²) in [7, 11) is 1.40. The number of esters is 1. The number of carbonyl (C=O) groups excluding carboxylic acids is 1. The zero-order valence-electron chi connectivity index (χ0n) is 10.9. The number of likely N-dealkylation sites (tertiary alicyclic amines) is 1. The second-order valence-corrected chi connectivity index (χ2v) is 5.68. The first-order valence-corrected chi connectivity index (χ1v) is 7.16. The number of rotatable bonds is 3. The van der Waals surface area contributed by atoms with Crippen molar-refractivity contribution in [3.05, 3.63) is 34.3 Å². The Kier molecular flexibility index (Phi) is 4.96. The summed E-state index contributed by atoms with van der Waals surface area (Å²) in [6.07, 6.45) is 1.33. The molecule has 1 aromatic carbocycles. The second kappa shape index (κ2) is 6.50. The molecule has 1 aromatic rings. The van der Waals surface area contributed by atoms with Gasteiger partial charge in [0, 0.05) is 11.0 Å². The van der Waals surface area contributed by atoms with Crippen LogP contribution < -0.4 is 0 Å². The lowest BCUT2D eigenvalue weighted by molar-refractivity contribution is -0.148. The van der Waals surface area contributed by atoms with Crippen LogP contribution in [0.2, 0.25) is 0 Å². The maximum absolute atomic E-state index is 12.0. The summed E-state index contributed by atoms with van der Waals surface area (Å²) in [6.45, 7) is 1.31. The Morgan fingerprint density at radius 1 is 1.47 bits per heavy atom. The molecule has 1 N–H and O–H groups in total. The van der Waals surface area contributed by atoms with Crippen molar-refractivity contribution < 1.29 is 14.6 Å². The first kappa shape index (κ1) is 14.5. The van der Waals surface area contributed by atoms with Gasteiger partial charge in [-0.2, -0.15) is 0 Å². The number of hydrogen-bond donors (Lipinski definition) is 1. The van der Waals surface area contributed by atoms with E-state index in [1.165, 1.54) is 7.11 Å². The van der Waals surface area contributed by atoms with Gasteiger partial charge < -0.3 is 9.84 Å². The molecule has 1 aliphatic rings. The van der Waals surface area contributed by atoms with E-state index in [2.05, 4.69) is 15.9 Å². The van der Waals surface area contributed by atoms with Gasteiger partial charge in [-0.3, -0.25) is 4.90 Å². The van der Waals surface area contributed by atoms with Gasteiger partial charge in [0.15, 0.2) is 0 Å². The molecule has 0 aromatic heterocycles. The van der Waals surface area contributed by atoms with Crippen LogP contribution in [0.4, 0.5) is 0 Å². The first-order chi connectivity index (χ1) is 9.11. The molecule has 2 atom stereocenters. The number of benzene rings is 1. The Balaban J connectivity index is 2.25. The summed E-state index contributed by atoms with van der Waals surface area (Å²) in [5.74, 6) is -0.281. The van der Waals surface area contributed by atoms with Crippen molar-refractivity contribution in [3.63, 3.8) is 0 Å². The number of hydrogen-bond acceptors (Lipinski definition) is 4. The van der Waals surface area contributed by atoms with Crippen LogP contribution in [0.3, 0.4) is 0 Å². The van der Waals surface area contributed by atoms with Gasteiger partial charge in [-0.05, 0) is 37.1 Å². The van der Waals surface area contributed by atoms with E-state index in [0.29, 0.717) is 6.54 Å². The minimum atomic E-state index is -0.437. The Morgan fingerprint density at radius 3 is 2.74 bits per heavy atom. The lowest BCUT2D eigenvalue weighted by atomic mass is 10.0. The number of β-amino-alcohol motifs (C(OH)–C–C–N with tert-alkyl or cyclic N) is 1. The summed E-state index contributed by atoms with van der Waals surface area (Å²) in [5.41, 5.74) is 0.893. The molecule has 4 nitrogen and oxygen atoms in total. The third kappa shape index (κ3) is 3.55. The fourth-order valence-corrected chi connectivity index (χ4v) is 2.73. The van der Waals surface area contributed by atoms with E-state index in [-0.39, 0.29) is 12.1 Å². The SMILES string of the molecule is COC(=O)C(c1ccc(Br)cc1)N1CCCC(O)C1. The molecule has 104 valence electrons. The topological polar surface area (TPSA) is 49.8 Å². The summed E-state index contributed by atoms with van der Waals surface area (Å²) >= 11 is 3.38. The quantitative estimate of drug-likeness (QED) is 0.864. The molecule has 0 aliphatic carbocycles. The van der Waals surface area contributed by atoms with E-state index in [4.69, 9.17) is 4.74 Å². The zero-order valence-corrected chi connectivity index (χ0v) is 12.5. The lowest BCUT2D eigenvalue weighted by Gasteiger charge is -2.35. The minimum Gasteiger partial charge on any atom is -0.468 e. The van der Waals surface area contributed by atoms with Crippen LogP contribution in [-0.2, 0) is 9.53 Å². The van der Waals surface area contributed by atoms with Crippen molar-refractivity contribution in [3.8, 4) is 0 Å². The number of aliphatic hydroxyl groups excluding tert-OH is 1. The largest absolute Gasteiger partial charge is 0.468 e. The molecule has 5 heteroatoms. The average molecular weight is 328 g/mol. The standard InChI is InChI=1S/C14H18BrNO3/c1-19-14(18)13(10-4-6-11(15)7-5-10)16-8-2-3-12(17)9-16/h4-7,12-13,17H,2-3,8-9H2,1H3. The van der Waals surface area contributed by atoms with Gasteiger partial charge in [0.05, 0.1) is 13.2 Å². The molecule has 0 saturated carbocycles. The van der Waals surface area contributed by atoms with E-state index in [1.807, 2.05) is 29.2 Å². The van der Waals surface area contributed by atoms with E-state index >= 15 is 0 Å². The second-order valence-electron chi connectivity index (χ2n) is 4.77. The zero-order chi connectivity index (χ0) is 13.8. The van der Waals surface area contributed by atoms with Crippen molar-refractivity contribution in [2.24, 2.45) is 0 Å². The molecule has 0 spiro atoms. The monoisotopic (exact) mass is 327 g/mol. The van der Waals surface area contributed by atoms with E-state index in [0.717, 1.165) is 29.4 Å². The van der Waals surface area contributed by atoms with E-state index in [1.54, 1.807) is 0 Å². The summed E-state index contributed by atoms with van der Waals surface area (Å²) in [6, 6.07) is 7.20. The van der Waals surface area contributed by atoms with Crippen molar-refractivity contribution in [2.45, 2.75) is 25.0 Å². The van der Waals surface area contributed by atoms with Gasteiger partial charge in [-0.25, -0.2) is 4.79 Å². The average Bonchev–Trinajstić information content (AvgIpc) is 2.41. The minimum absolute atomic E-state index is 0.281. The number of carbonyl (C=O) groups is 1. The molecule has 19 heavy (non-hydrogen) atoms. The smallest absolute Gasteiger partial charge is 0.327 e. The van der Waals surface area contributed by atoms with Crippen LogP contribution in [-0.4, -0.2) is 42.3 Å². The molecule has 1 heterocycles. The highest BCUT2D eigenvalue weighted by Gasteiger charge is 2.31. The molecular formula is C14H18BrNO3. The highest BCUT2D eigenvalue weighted by atomic mass is 79.9. The van der Waals surface area contributed by atoms with Gasteiger partial charge >= 0.3 is 5.97 Å². The van der Waals surface area contributed by atoms with Gasteiger partial charge in [-0.1, -0.05) is 28.1 Å². The van der Waals surface area contributed by atoms with Gasteiger partial charge in [0.25, 0.3) is 0 Å². The predicted octanol–water partition coefficient (Wildman–Crippen LogP) is 2.12. The highest BCUT2D eigenvalue weighted by molar-refractivity contribution is 9.10. The number of nitrogens with zero attached hydrogens (tertiary/aromatic N) is 1. The molecule has 0 bridgehead atoms. The van der Waals surface area contributed by atoms with Crippen molar-refractivity contribution >= 4 is 21.9 Å². The number of halogens is 1. The molecule has 2 rings (SSSR count). The van der Waals surface area contributed by atoms with Gasteiger partial charge in [-0.15, -0.1) is 0 Å². The molecule has 0 amide bonds. The Morgan fingerprint density at radius 2 is 2.16 bits per heavy atom. The summed E-state index contributed by atoms with van der Waals surface area (Å²) in [5, 5.41) is 9.77. The Hall–Kier alpha value is -0.910. The third-order valence-corrected chi connectivity index (χ3v) is 3.93. The normalized spacial score (nSPS) is 21.9. The van der Waals surface area contributed by atoms with E-state index < -0.39 is 6.04 Å². The Bertz CT molecular complexity index is 435. The van der Waals surface area contributed by atoms with Crippen LogP contribution >= 0.6 is 15.9 Å². The maximum atomic E-state index is 12.0. The molecule has 1 fully saturated rings. The van der Waals surface area contributed by atoms with Crippen LogP contribution in [0.25, 0.3) is 0 Å². The predicted molar refractivity (Wildman–Crippen MR) is 75.7 cm³/mol. The van der Waals surface area contributed by atoms with Gasteiger partial charge in [0.2, 0.25) is 0 Å². The highest BCUT2D eigenvalue weighted by Crippen LogP contribution is 2.27. The molecular weight excluding hydrogens is 310 g/mol. The number of aliphatic hydroxyl groups is 1. The maximum Gasteiger partial charge on any atom is 0.327 e. The number of ether oxygens (including phenoxy) is 1. The van der Waals surface area contributed by atoms with E-state index in [9.17, 15) is 9.90 Å². The molecule has 1 aliphatic heterocycles. The van der Waals surface area contributed by atoms with Crippen LogP contribution in [0.1, 0.15) is 24.4 Å². The summed E-state index contributed by atoms with van der Waals surface area (Å²) in [4.78, 5) is 14.0. The van der Waals surface area contributed by atoms with Crippen molar-refractivity contribution in [2.75, 3.05) is 20.2 Å². The summed E-state index contributed by atoms with van der Waals surface area (Å²) < 4.78 is 5.88. The van der Waals surface area contributed by atoms with Crippen LogP contribution in [0.15, 0.2) is 28.7 Å². The van der Waals surface area contributed by atoms with Crippen molar-refractivity contribution in [1.29, 1.82) is 0 Å².